The van der Waals surface area contributed by atoms with Gasteiger partial charge >= 0.3 is 5.97 Å². The summed E-state index contributed by atoms with van der Waals surface area (Å²) in [6.45, 7) is 0.102. The van der Waals surface area contributed by atoms with Gasteiger partial charge in [-0.15, -0.1) is 0 Å². The number of cyclic esters (lactones) is 1. The van der Waals surface area contributed by atoms with E-state index in [1.807, 2.05) is 0 Å². The average molecular weight is 303 g/mol. The Labute approximate surface area is 125 Å². The number of carbonyl (C=O) groups is 1. The molecule has 1 aliphatic rings. The highest BCUT2D eigenvalue weighted by Crippen LogP contribution is 2.42. The SMILES string of the molecule is COc1cc2c(c(N/N=C(\C#N)C(=N)N)c1OC)C(=O)OC2. The number of nitrogens with two attached hydrogens (primary N) is 1. The van der Waals surface area contributed by atoms with Crippen LogP contribution in [-0.2, 0) is 11.3 Å². The molecule has 0 amide bonds. The highest BCUT2D eigenvalue weighted by molar-refractivity contribution is 6.45. The van der Waals surface area contributed by atoms with Crippen LogP contribution in [0.4, 0.5) is 5.69 Å². The maximum atomic E-state index is 11.9. The smallest absolute Gasteiger partial charge is 0.341 e. The summed E-state index contributed by atoms with van der Waals surface area (Å²) in [7, 11) is 2.85. The molecule has 9 nitrogen and oxygen atoms in total. The fraction of sp³-hybridized carbons (Fsp3) is 0.231. The van der Waals surface area contributed by atoms with Gasteiger partial charge in [0, 0.05) is 5.56 Å². The molecule has 0 saturated carbocycles. The second-order valence-electron chi connectivity index (χ2n) is 4.20. The molecule has 0 atom stereocenters. The second-order valence-corrected chi connectivity index (χ2v) is 4.20. The minimum absolute atomic E-state index is 0.102. The Morgan fingerprint density at radius 3 is 2.82 bits per heavy atom. The topological polar surface area (TPSA) is 143 Å². The van der Waals surface area contributed by atoms with Crippen molar-refractivity contribution in [3.63, 3.8) is 0 Å². The molecule has 9 heteroatoms. The van der Waals surface area contributed by atoms with Crippen molar-refractivity contribution in [3.8, 4) is 17.6 Å². The number of amidine groups is 1. The largest absolute Gasteiger partial charge is 0.493 e. The van der Waals surface area contributed by atoms with Crippen LogP contribution in [0.5, 0.6) is 11.5 Å². The lowest BCUT2D eigenvalue weighted by atomic mass is 10.1. The van der Waals surface area contributed by atoms with E-state index in [9.17, 15) is 4.79 Å². The highest BCUT2D eigenvalue weighted by atomic mass is 16.5. The van der Waals surface area contributed by atoms with Crippen molar-refractivity contribution in [3.05, 3.63) is 17.2 Å². The fourth-order valence-electron chi connectivity index (χ4n) is 1.97. The standard InChI is InChI=1S/C13H13N5O4/c1-20-8-3-6-5-22-13(19)9(6)10(11(8)21-2)18-17-7(4-14)12(15)16/h3,18H,5H2,1-2H3,(H3,15,16)/b17-7+. The summed E-state index contributed by atoms with van der Waals surface area (Å²) in [5, 5.41) is 19.8. The summed E-state index contributed by atoms with van der Waals surface area (Å²) in [4.78, 5) is 11.9. The molecule has 0 unspecified atom stereocenters. The first-order valence-corrected chi connectivity index (χ1v) is 6.06. The molecule has 4 N–H and O–H groups in total. The molecule has 114 valence electrons. The van der Waals surface area contributed by atoms with Gasteiger partial charge in [0.25, 0.3) is 0 Å². The molecule has 0 aliphatic carbocycles. The predicted molar refractivity (Wildman–Crippen MR) is 77.3 cm³/mol. The summed E-state index contributed by atoms with van der Waals surface area (Å²) >= 11 is 0. The number of hydrazone groups is 1. The molecular weight excluding hydrogens is 290 g/mol. The van der Waals surface area contributed by atoms with Crippen LogP contribution < -0.4 is 20.6 Å². The number of nitriles is 1. The van der Waals surface area contributed by atoms with Gasteiger partial charge < -0.3 is 19.9 Å². The molecule has 0 spiro atoms. The van der Waals surface area contributed by atoms with Gasteiger partial charge in [-0.2, -0.15) is 10.4 Å². The van der Waals surface area contributed by atoms with Crippen LogP contribution in [-0.4, -0.2) is 31.7 Å². The maximum Gasteiger partial charge on any atom is 0.341 e. The van der Waals surface area contributed by atoms with Gasteiger partial charge in [0.1, 0.15) is 18.4 Å². The Bertz CT molecular complexity index is 720. The minimum Gasteiger partial charge on any atom is -0.493 e. The van der Waals surface area contributed by atoms with Crippen LogP contribution in [0, 0.1) is 16.7 Å². The van der Waals surface area contributed by atoms with Crippen molar-refractivity contribution in [2.24, 2.45) is 10.8 Å². The van der Waals surface area contributed by atoms with Crippen molar-refractivity contribution in [1.82, 2.24) is 0 Å². The molecule has 2 rings (SSSR count). The van der Waals surface area contributed by atoms with Crippen molar-refractivity contribution >= 4 is 23.2 Å². The summed E-state index contributed by atoms with van der Waals surface area (Å²) in [6.07, 6.45) is 0. The van der Waals surface area contributed by atoms with E-state index in [-0.39, 0.29) is 29.3 Å². The molecule has 0 fully saturated rings. The number of nitrogens with zero attached hydrogens (tertiary/aromatic N) is 2. The summed E-state index contributed by atoms with van der Waals surface area (Å²) in [6, 6.07) is 3.30. The molecule has 1 aromatic rings. The zero-order chi connectivity index (χ0) is 16.3. The number of esters is 1. The van der Waals surface area contributed by atoms with E-state index in [1.54, 1.807) is 12.1 Å². The molecule has 1 heterocycles. The molecule has 0 radical (unpaired) electrons. The van der Waals surface area contributed by atoms with Gasteiger partial charge in [-0.1, -0.05) is 0 Å². The van der Waals surface area contributed by atoms with E-state index in [1.165, 1.54) is 14.2 Å². The summed E-state index contributed by atoms with van der Waals surface area (Å²) < 4.78 is 15.4. The molecule has 0 aromatic heterocycles. The number of nitrogens with one attached hydrogen (secondary N) is 2. The number of carbonyl (C=O) groups excluding carboxylic acids is 1. The number of rotatable bonds is 5. The lowest BCUT2D eigenvalue weighted by molar-refractivity contribution is 0.0535. The average Bonchev–Trinajstić information content (AvgIpc) is 2.87. The van der Waals surface area contributed by atoms with Crippen LogP contribution in [0.15, 0.2) is 11.2 Å². The number of anilines is 1. The van der Waals surface area contributed by atoms with E-state index in [0.717, 1.165) is 0 Å². The van der Waals surface area contributed by atoms with Crippen LogP contribution in [0.1, 0.15) is 15.9 Å². The van der Waals surface area contributed by atoms with Gasteiger partial charge in [-0.05, 0) is 6.07 Å². The van der Waals surface area contributed by atoms with Crippen molar-refractivity contribution in [2.75, 3.05) is 19.6 Å². The first kappa shape index (κ1) is 15.1. The van der Waals surface area contributed by atoms with Crippen molar-refractivity contribution < 1.29 is 19.0 Å². The third-order valence-corrected chi connectivity index (χ3v) is 2.95. The number of methoxy groups -OCH3 is 2. The van der Waals surface area contributed by atoms with Crippen LogP contribution in [0.25, 0.3) is 0 Å². The molecule has 0 saturated heterocycles. The predicted octanol–water partition coefficient (Wildman–Crippen LogP) is 0.602. The number of fused-ring (bicyclic) bond motifs is 1. The first-order chi connectivity index (χ1) is 10.5. The monoisotopic (exact) mass is 303 g/mol. The molecular formula is C13H13N5O4. The lowest BCUT2D eigenvalue weighted by Crippen LogP contribution is -2.22. The van der Waals surface area contributed by atoms with Gasteiger partial charge in [-0.25, -0.2) is 4.79 Å². The maximum absolute atomic E-state index is 11.9. The van der Waals surface area contributed by atoms with E-state index >= 15 is 0 Å². The molecule has 0 bridgehead atoms. The molecule has 22 heavy (non-hydrogen) atoms. The highest BCUT2D eigenvalue weighted by Gasteiger charge is 2.30. The summed E-state index contributed by atoms with van der Waals surface area (Å²) in [5.74, 6) is -0.450. The van der Waals surface area contributed by atoms with E-state index in [4.69, 9.17) is 30.6 Å². The van der Waals surface area contributed by atoms with E-state index < -0.39 is 11.8 Å². The molecule has 1 aliphatic heterocycles. The van der Waals surface area contributed by atoms with Gasteiger partial charge in [-0.3, -0.25) is 10.8 Å². The Kier molecular flexibility index (Phi) is 4.13. The summed E-state index contributed by atoms with van der Waals surface area (Å²) in [5.41, 5.74) is 8.46. The van der Waals surface area contributed by atoms with E-state index in [0.29, 0.717) is 11.3 Å². The minimum atomic E-state index is -0.546. The van der Waals surface area contributed by atoms with Crippen LogP contribution in [0.2, 0.25) is 0 Å². The Morgan fingerprint density at radius 1 is 1.55 bits per heavy atom. The number of benzene rings is 1. The quantitative estimate of drug-likeness (QED) is 0.313. The normalized spacial score (nSPS) is 13.0. The van der Waals surface area contributed by atoms with Gasteiger partial charge in [0.2, 0.25) is 5.71 Å². The number of hydrogen-bond acceptors (Lipinski definition) is 8. The van der Waals surface area contributed by atoms with Crippen molar-refractivity contribution in [2.45, 2.75) is 6.61 Å². The number of hydrogen-bond donors (Lipinski definition) is 3. The first-order valence-electron chi connectivity index (χ1n) is 6.06. The Balaban J connectivity index is 2.58. The zero-order valence-corrected chi connectivity index (χ0v) is 11.9. The van der Waals surface area contributed by atoms with Gasteiger partial charge in [0.15, 0.2) is 17.3 Å². The van der Waals surface area contributed by atoms with Crippen LogP contribution in [0.3, 0.4) is 0 Å². The van der Waals surface area contributed by atoms with E-state index in [2.05, 4.69) is 10.5 Å². The van der Waals surface area contributed by atoms with Gasteiger partial charge in [0.05, 0.1) is 19.8 Å². The second kappa shape index (κ2) is 6.01. The van der Waals surface area contributed by atoms with Crippen molar-refractivity contribution in [1.29, 1.82) is 10.7 Å². The third-order valence-electron chi connectivity index (χ3n) is 2.95. The van der Waals surface area contributed by atoms with Crippen LogP contribution >= 0.6 is 0 Å². The molecule has 1 aromatic carbocycles. The third kappa shape index (κ3) is 2.49. The fourth-order valence-corrected chi connectivity index (χ4v) is 1.97. The number of ether oxygens (including phenoxy) is 3. The zero-order valence-electron chi connectivity index (χ0n) is 11.9. The Hall–Kier alpha value is -3.28. The Morgan fingerprint density at radius 2 is 2.27 bits per heavy atom. The lowest BCUT2D eigenvalue weighted by Gasteiger charge is -2.14.